The van der Waals surface area contributed by atoms with Gasteiger partial charge in [-0.2, -0.15) is 0 Å². The zero-order chi connectivity index (χ0) is 18.5. The third-order valence-electron chi connectivity index (χ3n) is 4.25. The summed E-state index contributed by atoms with van der Waals surface area (Å²) in [6.07, 6.45) is 2.06. The predicted molar refractivity (Wildman–Crippen MR) is 94.4 cm³/mol. The monoisotopic (exact) mass is 355 g/mol. The molecule has 0 saturated heterocycles. The Morgan fingerprint density at radius 3 is 2.42 bits per heavy atom. The maximum Gasteiger partial charge on any atom is 0.290 e. The molecule has 0 fully saturated rings. The number of carbonyl (C=O) groups is 1. The van der Waals surface area contributed by atoms with E-state index in [1.807, 2.05) is 6.92 Å². The van der Waals surface area contributed by atoms with Gasteiger partial charge in [0.15, 0.2) is 5.76 Å². The summed E-state index contributed by atoms with van der Waals surface area (Å²) in [6.45, 7) is 2.16. The Bertz CT molecular complexity index is 860. The molecule has 1 unspecified atom stereocenters. The first kappa shape index (κ1) is 17.9. The number of hydrogen-bond donors (Lipinski definition) is 0. The van der Waals surface area contributed by atoms with Crippen molar-refractivity contribution in [3.8, 4) is 0 Å². The van der Waals surface area contributed by atoms with Gasteiger partial charge in [-0.3, -0.25) is 4.79 Å². The number of furan rings is 1. The van der Waals surface area contributed by atoms with Crippen LogP contribution in [0, 0.1) is 11.6 Å². The Morgan fingerprint density at radius 1 is 1.04 bits per heavy atom. The molecule has 0 saturated carbocycles. The fourth-order valence-corrected chi connectivity index (χ4v) is 3.02. The summed E-state index contributed by atoms with van der Waals surface area (Å²) in [5.74, 6) is -0.780. The number of rotatable bonds is 6. The summed E-state index contributed by atoms with van der Waals surface area (Å²) in [6, 6.07) is 15.2. The van der Waals surface area contributed by atoms with E-state index in [4.69, 9.17) is 4.42 Å². The molecule has 3 rings (SSSR count). The Hall–Kier alpha value is -2.95. The SMILES string of the molecule is CCC(c1ccc(F)cc1)N(Cc1cccc(F)c1)C(=O)c1ccco1. The van der Waals surface area contributed by atoms with Crippen LogP contribution in [0.4, 0.5) is 8.78 Å². The van der Waals surface area contributed by atoms with Crippen LogP contribution in [0.25, 0.3) is 0 Å². The largest absolute Gasteiger partial charge is 0.459 e. The van der Waals surface area contributed by atoms with Crippen molar-refractivity contribution in [3.05, 3.63) is 95.4 Å². The molecule has 2 aromatic carbocycles. The van der Waals surface area contributed by atoms with Crippen molar-refractivity contribution < 1.29 is 18.0 Å². The van der Waals surface area contributed by atoms with Gasteiger partial charge >= 0.3 is 0 Å². The van der Waals surface area contributed by atoms with Crippen LogP contribution in [0.15, 0.2) is 71.3 Å². The maximum atomic E-state index is 13.6. The number of carbonyl (C=O) groups excluding carboxylic acids is 1. The van der Waals surface area contributed by atoms with E-state index in [1.165, 1.54) is 30.5 Å². The average molecular weight is 355 g/mol. The smallest absolute Gasteiger partial charge is 0.290 e. The van der Waals surface area contributed by atoms with Gasteiger partial charge in [-0.25, -0.2) is 8.78 Å². The zero-order valence-corrected chi connectivity index (χ0v) is 14.4. The van der Waals surface area contributed by atoms with Gasteiger partial charge in [0.05, 0.1) is 12.3 Å². The van der Waals surface area contributed by atoms with Crippen molar-refractivity contribution in [2.45, 2.75) is 25.9 Å². The third-order valence-corrected chi connectivity index (χ3v) is 4.25. The number of hydrogen-bond acceptors (Lipinski definition) is 2. The van der Waals surface area contributed by atoms with Gasteiger partial charge in [-0.05, 0) is 53.9 Å². The summed E-state index contributed by atoms with van der Waals surface area (Å²) in [4.78, 5) is 14.6. The standard InChI is InChI=1S/C21H19F2NO2/c1-2-19(16-8-10-17(22)11-9-16)24(21(25)20-7-4-12-26-20)14-15-5-3-6-18(23)13-15/h3-13,19H,2,14H2,1H3. The molecule has 0 radical (unpaired) electrons. The molecule has 1 aromatic heterocycles. The lowest BCUT2D eigenvalue weighted by molar-refractivity contribution is 0.0619. The lowest BCUT2D eigenvalue weighted by Gasteiger charge is -2.31. The van der Waals surface area contributed by atoms with Crippen molar-refractivity contribution in [2.75, 3.05) is 0 Å². The highest BCUT2D eigenvalue weighted by Gasteiger charge is 2.27. The van der Waals surface area contributed by atoms with Crippen LogP contribution in [0.1, 0.15) is 41.1 Å². The molecule has 0 aliphatic carbocycles. The molecule has 1 atom stereocenters. The highest BCUT2D eigenvalue weighted by molar-refractivity contribution is 5.91. The topological polar surface area (TPSA) is 33.5 Å². The highest BCUT2D eigenvalue weighted by Crippen LogP contribution is 2.28. The highest BCUT2D eigenvalue weighted by atomic mass is 19.1. The molecule has 1 amide bonds. The minimum Gasteiger partial charge on any atom is -0.459 e. The number of amides is 1. The van der Waals surface area contributed by atoms with Crippen LogP contribution in [0.5, 0.6) is 0 Å². The van der Waals surface area contributed by atoms with Crippen molar-refractivity contribution in [2.24, 2.45) is 0 Å². The predicted octanol–water partition coefficient (Wildman–Crippen LogP) is 5.35. The van der Waals surface area contributed by atoms with E-state index in [2.05, 4.69) is 0 Å². The molecule has 0 spiro atoms. The van der Waals surface area contributed by atoms with Crippen molar-refractivity contribution in [1.82, 2.24) is 4.90 Å². The molecule has 0 bridgehead atoms. The van der Waals surface area contributed by atoms with Crippen molar-refractivity contribution in [3.63, 3.8) is 0 Å². The third kappa shape index (κ3) is 3.99. The van der Waals surface area contributed by atoms with E-state index < -0.39 is 0 Å². The van der Waals surface area contributed by atoms with Crippen LogP contribution < -0.4 is 0 Å². The molecule has 3 aromatic rings. The second kappa shape index (κ2) is 7.95. The number of benzene rings is 2. The summed E-state index contributed by atoms with van der Waals surface area (Å²) in [7, 11) is 0. The fraction of sp³-hybridized carbons (Fsp3) is 0.190. The summed E-state index contributed by atoms with van der Waals surface area (Å²) >= 11 is 0. The van der Waals surface area contributed by atoms with Gasteiger partial charge in [0.25, 0.3) is 5.91 Å². The molecule has 0 aliphatic heterocycles. The van der Waals surface area contributed by atoms with Gasteiger partial charge in [0, 0.05) is 6.54 Å². The molecule has 0 aliphatic rings. The molecule has 134 valence electrons. The minimum absolute atomic E-state index is 0.210. The Labute approximate surface area is 150 Å². The van der Waals surface area contributed by atoms with Crippen LogP contribution in [-0.4, -0.2) is 10.8 Å². The van der Waals surface area contributed by atoms with Crippen LogP contribution in [-0.2, 0) is 6.54 Å². The van der Waals surface area contributed by atoms with Gasteiger partial charge in [-0.15, -0.1) is 0 Å². The minimum atomic E-state index is -0.359. The van der Waals surface area contributed by atoms with Gasteiger partial charge in [-0.1, -0.05) is 31.2 Å². The normalized spacial score (nSPS) is 12.0. The molecule has 1 heterocycles. The first-order chi connectivity index (χ1) is 12.6. The fourth-order valence-electron chi connectivity index (χ4n) is 3.02. The van der Waals surface area contributed by atoms with E-state index in [0.717, 1.165) is 5.56 Å². The summed E-state index contributed by atoms with van der Waals surface area (Å²) in [5.41, 5.74) is 1.48. The molecule has 26 heavy (non-hydrogen) atoms. The van der Waals surface area contributed by atoms with Crippen molar-refractivity contribution in [1.29, 1.82) is 0 Å². The Kier molecular flexibility index (Phi) is 5.46. The lowest BCUT2D eigenvalue weighted by atomic mass is 10.0. The number of nitrogens with zero attached hydrogens (tertiary/aromatic N) is 1. The molecular formula is C21H19F2NO2. The second-order valence-corrected chi connectivity index (χ2v) is 6.02. The van der Waals surface area contributed by atoms with Gasteiger partial charge in [0.1, 0.15) is 11.6 Å². The summed E-state index contributed by atoms with van der Waals surface area (Å²) < 4.78 is 32.1. The first-order valence-corrected chi connectivity index (χ1v) is 8.43. The Balaban J connectivity index is 1.97. The Morgan fingerprint density at radius 2 is 1.81 bits per heavy atom. The van der Waals surface area contributed by atoms with Crippen molar-refractivity contribution >= 4 is 5.91 Å². The van der Waals surface area contributed by atoms with Crippen LogP contribution in [0.2, 0.25) is 0 Å². The van der Waals surface area contributed by atoms with E-state index in [9.17, 15) is 13.6 Å². The second-order valence-electron chi connectivity index (χ2n) is 6.02. The zero-order valence-electron chi connectivity index (χ0n) is 14.4. The molecule has 0 N–H and O–H groups in total. The lowest BCUT2D eigenvalue weighted by Crippen LogP contribution is -2.34. The summed E-state index contributed by atoms with van der Waals surface area (Å²) in [5, 5.41) is 0. The molecule has 5 heteroatoms. The molecule has 3 nitrogen and oxygen atoms in total. The quantitative estimate of drug-likeness (QED) is 0.597. The maximum absolute atomic E-state index is 13.6. The van der Waals surface area contributed by atoms with E-state index in [-0.39, 0.29) is 35.9 Å². The van der Waals surface area contributed by atoms with Gasteiger partial charge < -0.3 is 9.32 Å². The number of halogens is 2. The first-order valence-electron chi connectivity index (χ1n) is 8.43. The van der Waals surface area contributed by atoms with Gasteiger partial charge in [0.2, 0.25) is 0 Å². The molecular weight excluding hydrogens is 336 g/mol. The van der Waals surface area contributed by atoms with E-state index in [0.29, 0.717) is 12.0 Å². The van der Waals surface area contributed by atoms with Crippen LogP contribution >= 0.6 is 0 Å². The average Bonchev–Trinajstić information content (AvgIpc) is 3.17. The van der Waals surface area contributed by atoms with E-state index >= 15 is 0 Å². The van der Waals surface area contributed by atoms with Crippen LogP contribution in [0.3, 0.4) is 0 Å². The van der Waals surface area contributed by atoms with E-state index in [1.54, 1.807) is 41.3 Å².